The monoisotopic (exact) mass is 264 g/mol. The molecule has 0 saturated heterocycles. The topological polar surface area (TPSA) is 61.3 Å². The number of aromatic nitrogens is 2. The van der Waals surface area contributed by atoms with E-state index in [0.29, 0.717) is 12.6 Å². The first kappa shape index (κ1) is 14.1. The van der Waals surface area contributed by atoms with Crippen LogP contribution in [0.25, 0.3) is 0 Å². The molecule has 1 fully saturated rings. The minimum Gasteiger partial charge on any atom is -0.395 e. The van der Waals surface area contributed by atoms with E-state index in [0.717, 1.165) is 36.8 Å². The molecule has 1 saturated carbocycles. The number of hydrogen-bond donors (Lipinski definition) is 2. The second-order valence-corrected chi connectivity index (χ2v) is 4.96. The standard InChI is InChI=1S/C14H24N4O/c1-3-7-15-13-10-14(17-12(4-2)16-13)18(8-9-19)11-5-6-11/h10-11,19H,3-9H2,1-2H3,(H,15,16,17). The SMILES string of the molecule is CCCNc1cc(N(CCO)C2CC2)nc(CC)n1. The maximum absolute atomic E-state index is 9.21. The third-order valence-electron chi connectivity index (χ3n) is 3.25. The molecule has 1 heterocycles. The minimum atomic E-state index is 0.166. The number of nitrogens with zero attached hydrogens (tertiary/aromatic N) is 3. The van der Waals surface area contributed by atoms with Crippen molar-refractivity contribution in [1.82, 2.24) is 9.97 Å². The largest absolute Gasteiger partial charge is 0.395 e. The molecule has 0 unspecified atom stereocenters. The van der Waals surface area contributed by atoms with Gasteiger partial charge < -0.3 is 15.3 Å². The summed E-state index contributed by atoms with van der Waals surface area (Å²) in [5.41, 5.74) is 0. The fraction of sp³-hybridized carbons (Fsp3) is 0.714. The third kappa shape index (κ3) is 3.80. The molecular formula is C14H24N4O. The number of nitrogens with one attached hydrogen (secondary N) is 1. The van der Waals surface area contributed by atoms with E-state index >= 15 is 0 Å². The van der Waals surface area contributed by atoms with E-state index in [-0.39, 0.29) is 6.61 Å². The molecule has 1 aliphatic carbocycles. The molecule has 0 aromatic carbocycles. The zero-order valence-corrected chi connectivity index (χ0v) is 11.9. The summed E-state index contributed by atoms with van der Waals surface area (Å²) >= 11 is 0. The summed E-state index contributed by atoms with van der Waals surface area (Å²) in [6, 6.07) is 2.55. The van der Waals surface area contributed by atoms with Crippen molar-refractivity contribution in [3.63, 3.8) is 0 Å². The Morgan fingerprint density at radius 1 is 1.37 bits per heavy atom. The van der Waals surface area contributed by atoms with Gasteiger partial charge in [0.15, 0.2) is 0 Å². The van der Waals surface area contributed by atoms with Crippen LogP contribution in [0.4, 0.5) is 11.6 Å². The molecule has 0 amide bonds. The Labute approximate surface area is 115 Å². The number of aryl methyl sites for hydroxylation is 1. The summed E-state index contributed by atoms with van der Waals surface area (Å²) in [6.07, 6.45) is 4.29. The lowest BCUT2D eigenvalue weighted by atomic mass is 10.3. The van der Waals surface area contributed by atoms with E-state index in [1.165, 1.54) is 12.8 Å². The first-order chi connectivity index (χ1) is 9.28. The maximum Gasteiger partial charge on any atom is 0.134 e. The van der Waals surface area contributed by atoms with E-state index in [1.54, 1.807) is 0 Å². The normalized spacial score (nSPS) is 14.5. The van der Waals surface area contributed by atoms with Gasteiger partial charge in [-0.15, -0.1) is 0 Å². The quantitative estimate of drug-likeness (QED) is 0.750. The lowest BCUT2D eigenvalue weighted by molar-refractivity contribution is 0.301. The molecule has 0 radical (unpaired) electrons. The van der Waals surface area contributed by atoms with Crippen LogP contribution in [0, 0.1) is 0 Å². The van der Waals surface area contributed by atoms with Crippen LogP contribution in [-0.4, -0.2) is 40.8 Å². The zero-order chi connectivity index (χ0) is 13.7. The van der Waals surface area contributed by atoms with Gasteiger partial charge in [-0.05, 0) is 19.3 Å². The molecule has 5 heteroatoms. The fourth-order valence-corrected chi connectivity index (χ4v) is 2.11. The average molecular weight is 264 g/mol. The van der Waals surface area contributed by atoms with Crippen LogP contribution in [0.3, 0.4) is 0 Å². The van der Waals surface area contributed by atoms with Crippen molar-refractivity contribution in [1.29, 1.82) is 0 Å². The van der Waals surface area contributed by atoms with Crippen LogP contribution >= 0.6 is 0 Å². The van der Waals surface area contributed by atoms with Gasteiger partial charge in [-0.1, -0.05) is 13.8 Å². The Hall–Kier alpha value is -1.36. The van der Waals surface area contributed by atoms with Gasteiger partial charge in [-0.2, -0.15) is 0 Å². The summed E-state index contributed by atoms with van der Waals surface area (Å²) in [5, 5.41) is 12.5. The van der Waals surface area contributed by atoms with Gasteiger partial charge in [-0.25, -0.2) is 9.97 Å². The molecule has 2 N–H and O–H groups in total. The summed E-state index contributed by atoms with van der Waals surface area (Å²) in [6.45, 7) is 5.94. The van der Waals surface area contributed by atoms with Gasteiger partial charge in [0, 0.05) is 31.6 Å². The van der Waals surface area contributed by atoms with Crippen molar-refractivity contribution < 1.29 is 5.11 Å². The Morgan fingerprint density at radius 3 is 2.74 bits per heavy atom. The maximum atomic E-state index is 9.21. The highest BCUT2D eigenvalue weighted by atomic mass is 16.3. The molecule has 0 atom stereocenters. The van der Waals surface area contributed by atoms with Gasteiger partial charge >= 0.3 is 0 Å². The van der Waals surface area contributed by atoms with Crippen LogP contribution in [-0.2, 0) is 6.42 Å². The molecular weight excluding hydrogens is 240 g/mol. The fourth-order valence-electron chi connectivity index (χ4n) is 2.11. The van der Waals surface area contributed by atoms with Crippen molar-refractivity contribution in [3.8, 4) is 0 Å². The van der Waals surface area contributed by atoms with Crippen LogP contribution in [0.1, 0.15) is 38.9 Å². The number of aliphatic hydroxyl groups excluding tert-OH is 1. The van der Waals surface area contributed by atoms with Crippen molar-refractivity contribution in [2.75, 3.05) is 29.9 Å². The smallest absolute Gasteiger partial charge is 0.134 e. The van der Waals surface area contributed by atoms with Crippen molar-refractivity contribution in [2.24, 2.45) is 0 Å². The molecule has 1 aliphatic rings. The molecule has 0 spiro atoms. The summed E-state index contributed by atoms with van der Waals surface area (Å²) in [4.78, 5) is 11.3. The predicted octanol–water partition coefficient (Wildman–Crippen LogP) is 1.82. The first-order valence-electron chi connectivity index (χ1n) is 7.27. The zero-order valence-electron chi connectivity index (χ0n) is 11.9. The second-order valence-electron chi connectivity index (χ2n) is 4.96. The highest BCUT2D eigenvalue weighted by Gasteiger charge is 2.30. The molecule has 1 aromatic heterocycles. The molecule has 106 valence electrons. The van der Waals surface area contributed by atoms with E-state index < -0.39 is 0 Å². The van der Waals surface area contributed by atoms with Crippen LogP contribution in [0.2, 0.25) is 0 Å². The number of aliphatic hydroxyl groups is 1. The van der Waals surface area contributed by atoms with Crippen molar-refractivity contribution >= 4 is 11.6 Å². The lowest BCUT2D eigenvalue weighted by Gasteiger charge is -2.23. The van der Waals surface area contributed by atoms with Gasteiger partial charge in [0.25, 0.3) is 0 Å². The number of anilines is 2. The Kier molecular flexibility index (Phi) is 4.96. The third-order valence-corrected chi connectivity index (χ3v) is 3.25. The van der Waals surface area contributed by atoms with E-state index in [4.69, 9.17) is 0 Å². The van der Waals surface area contributed by atoms with E-state index in [2.05, 4.69) is 34.0 Å². The molecule has 2 rings (SSSR count). The predicted molar refractivity (Wildman–Crippen MR) is 77.6 cm³/mol. The molecule has 1 aromatic rings. The number of rotatable bonds is 8. The molecule has 5 nitrogen and oxygen atoms in total. The van der Waals surface area contributed by atoms with Crippen molar-refractivity contribution in [2.45, 2.75) is 45.6 Å². The molecule has 0 aliphatic heterocycles. The number of hydrogen-bond acceptors (Lipinski definition) is 5. The highest BCUT2D eigenvalue weighted by molar-refractivity contribution is 5.51. The van der Waals surface area contributed by atoms with Gasteiger partial charge in [0.2, 0.25) is 0 Å². The Morgan fingerprint density at radius 2 is 2.16 bits per heavy atom. The van der Waals surface area contributed by atoms with Gasteiger partial charge in [-0.3, -0.25) is 0 Å². The van der Waals surface area contributed by atoms with E-state index in [1.807, 2.05) is 6.07 Å². The second kappa shape index (κ2) is 6.70. The van der Waals surface area contributed by atoms with E-state index in [9.17, 15) is 5.11 Å². The lowest BCUT2D eigenvalue weighted by Crippen LogP contribution is -2.30. The van der Waals surface area contributed by atoms with Gasteiger partial charge in [0.1, 0.15) is 17.5 Å². The van der Waals surface area contributed by atoms with Gasteiger partial charge in [0.05, 0.1) is 6.61 Å². The average Bonchev–Trinajstić information content (AvgIpc) is 3.26. The van der Waals surface area contributed by atoms with Crippen LogP contribution in [0.15, 0.2) is 6.07 Å². The first-order valence-corrected chi connectivity index (χ1v) is 7.27. The Balaban J connectivity index is 2.21. The summed E-state index contributed by atoms with van der Waals surface area (Å²) < 4.78 is 0. The van der Waals surface area contributed by atoms with Crippen molar-refractivity contribution in [3.05, 3.63) is 11.9 Å². The molecule has 0 bridgehead atoms. The molecule has 19 heavy (non-hydrogen) atoms. The minimum absolute atomic E-state index is 0.166. The van der Waals surface area contributed by atoms with Crippen LogP contribution in [0.5, 0.6) is 0 Å². The van der Waals surface area contributed by atoms with Crippen LogP contribution < -0.4 is 10.2 Å². The Bertz CT molecular complexity index is 406. The highest BCUT2D eigenvalue weighted by Crippen LogP contribution is 2.31. The summed E-state index contributed by atoms with van der Waals surface area (Å²) in [5.74, 6) is 2.70. The summed E-state index contributed by atoms with van der Waals surface area (Å²) in [7, 11) is 0.